The summed E-state index contributed by atoms with van der Waals surface area (Å²) in [6.45, 7) is 3.63. The number of aromatic nitrogens is 2. The highest BCUT2D eigenvalue weighted by atomic mass is 32.1. The quantitative estimate of drug-likeness (QED) is 0.714. The lowest BCUT2D eigenvalue weighted by molar-refractivity contribution is 0.377. The number of anilines is 1. The van der Waals surface area contributed by atoms with Gasteiger partial charge in [0.2, 0.25) is 11.7 Å². The summed E-state index contributed by atoms with van der Waals surface area (Å²) in [5, 5.41) is 8.06. The maximum Gasteiger partial charge on any atom is 0.246 e. The third-order valence-electron chi connectivity index (χ3n) is 3.08. The van der Waals surface area contributed by atoms with Crippen LogP contribution in [0.4, 0.5) is 5.69 Å². The van der Waals surface area contributed by atoms with E-state index in [0.29, 0.717) is 18.3 Å². The van der Waals surface area contributed by atoms with E-state index in [2.05, 4.69) is 34.1 Å². The van der Waals surface area contributed by atoms with Crippen LogP contribution < -0.4 is 4.90 Å². The second kappa shape index (κ2) is 5.88. The van der Waals surface area contributed by atoms with E-state index in [1.165, 1.54) is 0 Å². The molecule has 2 aromatic heterocycles. The van der Waals surface area contributed by atoms with E-state index in [1.807, 2.05) is 35.0 Å². The smallest absolute Gasteiger partial charge is 0.246 e. The molecule has 1 aromatic carbocycles. The molecule has 0 bridgehead atoms. The molecule has 5 heteroatoms. The van der Waals surface area contributed by atoms with Gasteiger partial charge in [-0.15, -0.1) is 0 Å². The highest BCUT2D eigenvalue weighted by molar-refractivity contribution is 7.08. The van der Waals surface area contributed by atoms with Gasteiger partial charge in [0.05, 0.1) is 6.54 Å². The van der Waals surface area contributed by atoms with Crippen molar-refractivity contribution in [3.63, 3.8) is 0 Å². The number of hydrogen-bond acceptors (Lipinski definition) is 5. The van der Waals surface area contributed by atoms with Crippen molar-refractivity contribution >= 4 is 17.0 Å². The first-order valence-electron chi connectivity index (χ1n) is 6.52. The van der Waals surface area contributed by atoms with Gasteiger partial charge in [0.1, 0.15) is 0 Å². The van der Waals surface area contributed by atoms with E-state index in [1.54, 1.807) is 11.3 Å². The van der Waals surface area contributed by atoms with Gasteiger partial charge in [0.15, 0.2) is 0 Å². The molecule has 0 aliphatic rings. The number of hydrogen-bond donors (Lipinski definition) is 0. The first-order valence-corrected chi connectivity index (χ1v) is 7.46. The van der Waals surface area contributed by atoms with Gasteiger partial charge in [-0.25, -0.2) is 0 Å². The summed E-state index contributed by atoms with van der Waals surface area (Å²) in [5.74, 6) is 1.29. The topological polar surface area (TPSA) is 42.2 Å². The van der Waals surface area contributed by atoms with Gasteiger partial charge in [-0.1, -0.05) is 23.4 Å². The van der Waals surface area contributed by atoms with Crippen molar-refractivity contribution in [2.45, 2.75) is 13.5 Å². The van der Waals surface area contributed by atoms with Gasteiger partial charge in [0.25, 0.3) is 0 Å². The van der Waals surface area contributed by atoms with Gasteiger partial charge in [-0.3, -0.25) is 0 Å². The summed E-state index contributed by atoms with van der Waals surface area (Å²) in [6, 6.07) is 12.2. The Morgan fingerprint density at radius 1 is 1.20 bits per heavy atom. The molecule has 0 spiro atoms. The molecule has 0 saturated heterocycles. The van der Waals surface area contributed by atoms with Crippen LogP contribution in [0, 0.1) is 0 Å². The molecule has 0 N–H and O–H groups in total. The predicted octanol–water partition coefficient (Wildman–Crippen LogP) is 3.82. The molecule has 20 heavy (non-hydrogen) atoms. The Kier molecular flexibility index (Phi) is 3.78. The minimum atomic E-state index is 0.623. The van der Waals surface area contributed by atoms with Crippen LogP contribution in [-0.2, 0) is 6.54 Å². The van der Waals surface area contributed by atoms with E-state index in [4.69, 9.17) is 4.52 Å². The minimum Gasteiger partial charge on any atom is -0.362 e. The molecular formula is C15H15N3OS. The van der Waals surface area contributed by atoms with E-state index in [0.717, 1.165) is 17.8 Å². The molecule has 4 nitrogen and oxygen atoms in total. The van der Waals surface area contributed by atoms with Crippen LogP contribution in [0.1, 0.15) is 12.8 Å². The molecule has 0 unspecified atom stereocenters. The fraction of sp³-hybridized carbons (Fsp3) is 0.200. The lowest BCUT2D eigenvalue weighted by atomic mass is 10.3. The number of para-hydroxylation sites is 1. The van der Waals surface area contributed by atoms with Crippen LogP contribution in [-0.4, -0.2) is 16.7 Å². The zero-order valence-electron chi connectivity index (χ0n) is 11.2. The number of benzene rings is 1. The van der Waals surface area contributed by atoms with Crippen molar-refractivity contribution in [3.8, 4) is 11.4 Å². The molecule has 0 amide bonds. The Balaban J connectivity index is 1.77. The lowest BCUT2D eigenvalue weighted by Crippen LogP contribution is -2.22. The Bertz CT molecular complexity index is 649. The van der Waals surface area contributed by atoms with Crippen LogP contribution >= 0.6 is 11.3 Å². The maximum atomic E-state index is 5.34. The molecule has 0 atom stereocenters. The maximum absolute atomic E-state index is 5.34. The summed E-state index contributed by atoms with van der Waals surface area (Å²) in [6.07, 6.45) is 0. The minimum absolute atomic E-state index is 0.623. The zero-order chi connectivity index (χ0) is 13.8. The van der Waals surface area contributed by atoms with Gasteiger partial charge in [-0.2, -0.15) is 16.3 Å². The number of nitrogens with zero attached hydrogens (tertiary/aromatic N) is 3. The van der Waals surface area contributed by atoms with Crippen LogP contribution in [0.5, 0.6) is 0 Å². The Labute approximate surface area is 121 Å². The van der Waals surface area contributed by atoms with E-state index in [-0.39, 0.29) is 0 Å². The van der Waals surface area contributed by atoms with Crippen molar-refractivity contribution in [2.75, 3.05) is 11.4 Å². The van der Waals surface area contributed by atoms with Crippen molar-refractivity contribution < 1.29 is 4.52 Å². The molecule has 3 rings (SSSR count). The van der Waals surface area contributed by atoms with Crippen molar-refractivity contribution in [1.29, 1.82) is 0 Å². The van der Waals surface area contributed by atoms with Gasteiger partial charge >= 0.3 is 0 Å². The second-order valence-electron chi connectivity index (χ2n) is 4.37. The zero-order valence-corrected chi connectivity index (χ0v) is 12.0. The van der Waals surface area contributed by atoms with Gasteiger partial charge < -0.3 is 9.42 Å². The predicted molar refractivity (Wildman–Crippen MR) is 80.8 cm³/mol. The molecular weight excluding hydrogens is 270 g/mol. The van der Waals surface area contributed by atoms with Crippen LogP contribution in [0.3, 0.4) is 0 Å². The van der Waals surface area contributed by atoms with E-state index >= 15 is 0 Å². The van der Waals surface area contributed by atoms with Gasteiger partial charge in [0, 0.05) is 23.2 Å². The number of thiophene rings is 1. The molecule has 2 heterocycles. The number of rotatable bonds is 5. The summed E-state index contributed by atoms with van der Waals surface area (Å²) >= 11 is 1.63. The summed E-state index contributed by atoms with van der Waals surface area (Å²) in [5.41, 5.74) is 2.16. The lowest BCUT2D eigenvalue weighted by Gasteiger charge is -2.20. The van der Waals surface area contributed by atoms with Crippen LogP contribution in [0.2, 0.25) is 0 Å². The van der Waals surface area contributed by atoms with E-state index < -0.39 is 0 Å². The first kappa shape index (κ1) is 12.9. The van der Waals surface area contributed by atoms with Crippen LogP contribution in [0.15, 0.2) is 51.7 Å². The summed E-state index contributed by atoms with van der Waals surface area (Å²) < 4.78 is 5.34. The average molecular weight is 285 g/mol. The Hall–Kier alpha value is -2.14. The SMILES string of the molecule is CCN(Cc1nc(-c2ccsc2)no1)c1ccccc1. The molecule has 0 fully saturated rings. The molecule has 3 aromatic rings. The summed E-state index contributed by atoms with van der Waals surface area (Å²) in [4.78, 5) is 6.65. The summed E-state index contributed by atoms with van der Waals surface area (Å²) in [7, 11) is 0. The van der Waals surface area contributed by atoms with Crippen molar-refractivity contribution in [3.05, 3.63) is 53.0 Å². The second-order valence-corrected chi connectivity index (χ2v) is 5.15. The highest BCUT2D eigenvalue weighted by Crippen LogP contribution is 2.20. The van der Waals surface area contributed by atoms with Crippen LogP contribution in [0.25, 0.3) is 11.4 Å². The molecule has 0 aliphatic heterocycles. The fourth-order valence-electron chi connectivity index (χ4n) is 2.02. The monoisotopic (exact) mass is 285 g/mol. The average Bonchev–Trinajstić information content (AvgIpc) is 3.16. The Morgan fingerprint density at radius 3 is 2.75 bits per heavy atom. The molecule has 0 radical (unpaired) electrons. The molecule has 0 aliphatic carbocycles. The molecule has 102 valence electrons. The first-order chi connectivity index (χ1) is 9.86. The standard InChI is InChI=1S/C15H15N3OS/c1-2-18(13-6-4-3-5-7-13)10-14-16-15(17-19-14)12-8-9-20-11-12/h3-9,11H,2,10H2,1H3. The highest BCUT2D eigenvalue weighted by Gasteiger charge is 2.12. The molecule has 0 saturated carbocycles. The van der Waals surface area contributed by atoms with Crippen molar-refractivity contribution in [2.24, 2.45) is 0 Å². The Morgan fingerprint density at radius 2 is 2.05 bits per heavy atom. The van der Waals surface area contributed by atoms with E-state index in [9.17, 15) is 0 Å². The normalized spacial score (nSPS) is 10.7. The van der Waals surface area contributed by atoms with Crippen molar-refractivity contribution in [1.82, 2.24) is 10.1 Å². The third-order valence-corrected chi connectivity index (χ3v) is 3.76. The fourth-order valence-corrected chi connectivity index (χ4v) is 2.65. The third kappa shape index (κ3) is 2.72. The largest absolute Gasteiger partial charge is 0.362 e. The van der Waals surface area contributed by atoms with Gasteiger partial charge in [-0.05, 0) is 30.5 Å².